The number of fused-ring (bicyclic) bond motifs is 2. The fourth-order valence-corrected chi connectivity index (χ4v) is 13.6. The normalized spacial score (nSPS) is 25.5. The van der Waals surface area contributed by atoms with Crippen molar-refractivity contribution in [3.05, 3.63) is 109 Å². The molecule has 0 bridgehead atoms. The van der Waals surface area contributed by atoms with Crippen LogP contribution in [0, 0.1) is 0 Å². The van der Waals surface area contributed by atoms with Gasteiger partial charge in [-0.25, -0.2) is 19.6 Å². The number of nitrogens with one attached hydrogen (secondary N) is 1. The first-order valence-corrected chi connectivity index (χ1v) is 21.1. The molecule has 0 spiro atoms. The molecule has 5 heterocycles. The zero-order valence-corrected chi connectivity index (χ0v) is 29.7. The summed E-state index contributed by atoms with van der Waals surface area (Å²) in [5.74, 6) is 0.116. The number of rotatable bonds is 10. The molecule has 3 saturated heterocycles. The van der Waals surface area contributed by atoms with Crippen molar-refractivity contribution in [2.75, 3.05) is 11.9 Å². The van der Waals surface area contributed by atoms with Gasteiger partial charge in [-0.05, 0) is 37.4 Å². The molecule has 12 heteroatoms. The summed E-state index contributed by atoms with van der Waals surface area (Å²) in [4.78, 5) is 26.3. The van der Waals surface area contributed by atoms with Crippen molar-refractivity contribution in [3.63, 3.8) is 0 Å². The maximum atomic E-state index is 12.9. The third-order valence-corrected chi connectivity index (χ3v) is 16.6. The van der Waals surface area contributed by atoms with Crippen LogP contribution in [0.3, 0.4) is 0 Å². The van der Waals surface area contributed by atoms with Crippen LogP contribution in [0.15, 0.2) is 104 Å². The van der Waals surface area contributed by atoms with Gasteiger partial charge >= 0.3 is 0 Å². The number of aromatic nitrogens is 4. The van der Waals surface area contributed by atoms with E-state index in [0.717, 1.165) is 31.9 Å². The lowest BCUT2D eigenvalue weighted by Gasteiger charge is -2.32. The highest BCUT2D eigenvalue weighted by Crippen LogP contribution is 2.59. The highest BCUT2D eigenvalue weighted by molar-refractivity contribution is 7.45. The molecule has 8 rings (SSSR count). The van der Waals surface area contributed by atoms with Gasteiger partial charge in [0.15, 0.2) is 17.0 Å². The highest BCUT2D eigenvalue weighted by Gasteiger charge is 2.51. The van der Waals surface area contributed by atoms with Gasteiger partial charge in [0, 0.05) is 24.6 Å². The van der Waals surface area contributed by atoms with Crippen LogP contribution in [-0.4, -0.2) is 69.1 Å². The molecule has 3 fully saturated rings. The SMILES string of the molecule is CC[C@H]1O[C@@H](n2cnc3c(NC(=O)c4ccccc4)ncnc32)C[C@H]1O[P@@]1O[C@H](C[Si](C)(c2ccccc2)c2ccccc2)[C@@H]2CCCN21. The molecule has 3 aromatic carbocycles. The first-order chi connectivity index (χ1) is 24.0. The van der Waals surface area contributed by atoms with Crippen LogP contribution in [0.5, 0.6) is 0 Å². The summed E-state index contributed by atoms with van der Waals surface area (Å²) >= 11 is 0. The zero-order valence-electron chi connectivity index (χ0n) is 27.8. The Morgan fingerprint density at radius 3 is 2.35 bits per heavy atom. The quantitative estimate of drug-likeness (QED) is 0.138. The number of amides is 1. The summed E-state index contributed by atoms with van der Waals surface area (Å²) in [6.45, 7) is 5.62. The molecule has 0 aliphatic carbocycles. The van der Waals surface area contributed by atoms with Gasteiger partial charge < -0.3 is 19.1 Å². The average molecular weight is 693 g/mol. The predicted molar refractivity (Wildman–Crippen MR) is 194 cm³/mol. The van der Waals surface area contributed by atoms with Crippen molar-refractivity contribution >= 4 is 49.9 Å². The fourth-order valence-electron chi connectivity index (χ4n) is 7.66. The first kappa shape index (κ1) is 32.4. The Morgan fingerprint density at radius 2 is 1.65 bits per heavy atom. The second-order valence-corrected chi connectivity index (χ2v) is 18.9. The Morgan fingerprint density at radius 1 is 0.959 bits per heavy atom. The number of benzene rings is 3. The van der Waals surface area contributed by atoms with E-state index in [1.54, 1.807) is 18.5 Å². The smallest absolute Gasteiger partial charge is 0.259 e. The maximum Gasteiger partial charge on any atom is 0.259 e. The van der Waals surface area contributed by atoms with Crippen molar-refractivity contribution in [2.45, 2.75) is 75.8 Å². The molecular formula is C37H41N6O4PSi. The lowest BCUT2D eigenvalue weighted by atomic mass is 10.1. The molecule has 6 atom stereocenters. The molecule has 252 valence electrons. The van der Waals surface area contributed by atoms with E-state index < -0.39 is 16.6 Å². The second kappa shape index (κ2) is 13.8. The van der Waals surface area contributed by atoms with Gasteiger partial charge in [0.1, 0.15) is 20.6 Å². The molecule has 10 nitrogen and oxygen atoms in total. The Balaban J connectivity index is 0.997. The number of anilines is 1. The summed E-state index contributed by atoms with van der Waals surface area (Å²) in [7, 11) is -3.33. The minimum Gasteiger partial charge on any atom is -0.352 e. The summed E-state index contributed by atoms with van der Waals surface area (Å²) in [5, 5.41) is 5.76. The van der Waals surface area contributed by atoms with Crippen molar-refractivity contribution in [1.29, 1.82) is 0 Å². The molecule has 5 aromatic rings. The monoisotopic (exact) mass is 692 g/mol. The summed E-state index contributed by atoms with van der Waals surface area (Å²) in [6, 6.07) is 32.5. The van der Waals surface area contributed by atoms with Crippen molar-refractivity contribution in [3.8, 4) is 0 Å². The molecule has 3 aliphatic heterocycles. The lowest BCUT2D eigenvalue weighted by molar-refractivity contribution is -0.0152. The summed E-state index contributed by atoms with van der Waals surface area (Å²) in [6.07, 6.45) is 6.48. The van der Waals surface area contributed by atoms with Crippen LogP contribution in [0.4, 0.5) is 5.82 Å². The van der Waals surface area contributed by atoms with E-state index in [1.807, 2.05) is 22.8 Å². The largest absolute Gasteiger partial charge is 0.352 e. The third kappa shape index (κ3) is 6.24. The Hall–Kier alpha value is -3.83. The van der Waals surface area contributed by atoms with Gasteiger partial charge in [0.05, 0.1) is 24.6 Å². The number of nitrogens with zero attached hydrogens (tertiary/aromatic N) is 5. The standard InChI is InChI=1S/C37H41N6O4PSi/c1-3-30-31(22-33(45-30)42-25-40-34-35(38-24-39-36(34)42)41-37(44)26-14-7-4-8-15-26)46-48-43-21-13-20-29(43)32(47-48)23-49(2,27-16-9-5-10-17-27)28-18-11-6-12-19-28/h4-12,14-19,24-25,29-33H,3,13,20-23H2,1-2H3,(H,38,39,41,44)/t29-,30+,31+,32+,33+,48-/m0/s1. The Bertz CT molecular complexity index is 1860. The Kier molecular flexibility index (Phi) is 9.13. The first-order valence-electron chi connectivity index (χ1n) is 17.2. The van der Waals surface area contributed by atoms with Crippen molar-refractivity contribution < 1.29 is 18.6 Å². The maximum absolute atomic E-state index is 12.9. The van der Waals surface area contributed by atoms with Crippen molar-refractivity contribution in [2.24, 2.45) is 0 Å². The van der Waals surface area contributed by atoms with Crippen LogP contribution < -0.4 is 15.7 Å². The summed E-state index contributed by atoms with van der Waals surface area (Å²) in [5.41, 5.74) is 1.67. The van der Waals surface area contributed by atoms with E-state index in [-0.39, 0.29) is 30.4 Å². The van der Waals surface area contributed by atoms with Gasteiger partial charge in [0.25, 0.3) is 14.4 Å². The molecule has 0 radical (unpaired) electrons. The minimum atomic E-state index is -2.10. The van der Waals surface area contributed by atoms with Crippen LogP contribution in [0.1, 0.15) is 49.2 Å². The van der Waals surface area contributed by atoms with Crippen LogP contribution in [-0.2, 0) is 13.8 Å². The zero-order chi connectivity index (χ0) is 33.4. The van der Waals surface area contributed by atoms with E-state index >= 15 is 0 Å². The van der Waals surface area contributed by atoms with Gasteiger partial charge in [-0.3, -0.25) is 9.36 Å². The van der Waals surface area contributed by atoms with Crippen LogP contribution >= 0.6 is 8.53 Å². The van der Waals surface area contributed by atoms with E-state index in [0.29, 0.717) is 35.0 Å². The second-order valence-electron chi connectivity index (χ2n) is 13.3. The van der Waals surface area contributed by atoms with E-state index in [1.165, 1.54) is 16.7 Å². The van der Waals surface area contributed by atoms with Gasteiger partial charge in [-0.2, -0.15) is 0 Å². The van der Waals surface area contributed by atoms with Crippen molar-refractivity contribution in [1.82, 2.24) is 24.2 Å². The number of imidazole rings is 1. The summed E-state index contributed by atoms with van der Waals surface area (Å²) < 4.78 is 25.0. The predicted octanol–water partition coefficient (Wildman–Crippen LogP) is 6.14. The number of ether oxygens (including phenoxy) is 1. The number of carbonyl (C=O) groups is 1. The number of hydrogen-bond donors (Lipinski definition) is 1. The molecule has 1 amide bonds. The van der Waals surface area contributed by atoms with Crippen LogP contribution in [0.2, 0.25) is 12.6 Å². The van der Waals surface area contributed by atoms with E-state index in [9.17, 15) is 4.79 Å². The molecule has 1 N–H and O–H groups in total. The molecule has 2 aromatic heterocycles. The highest BCUT2D eigenvalue weighted by atomic mass is 31.2. The minimum absolute atomic E-state index is 0.0963. The van der Waals surface area contributed by atoms with Crippen LogP contribution in [0.25, 0.3) is 11.2 Å². The molecule has 0 saturated carbocycles. The van der Waals surface area contributed by atoms with Gasteiger partial charge in [0.2, 0.25) is 0 Å². The van der Waals surface area contributed by atoms with Gasteiger partial charge in [-0.15, -0.1) is 0 Å². The molecule has 0 unspecified atom stereocenters. The topological polar surface area (TPSA) is 104 Å². The van der Waals surface area contributed by atoms with E-state index in [4.69, 9.17) is 13.8 Å². The number of carbonyl (C=O) groups excluding carboxylic acids is 1. The third-order valence-electron chi connectivity index (χ3n) is 10.3. The fraction of sp³-hybridized carbons (Fsp3) is 0.351. The lowest BCUT2D eigenvalue weighted by Crippen LogP contribution is -2.58. The average Bonchev–Trinajstić information content (AvgIpc) is 3.95. The molecular weight excluding hydrogens is 652 g/mol. The molecule has 49 heavy (non-hydrogen) atoms. The molecule has 3 aliphatic rings. The van der Waals surface area contributed by atoms with Gasteiger partial charge in [-0.1, -0.05) is 103 Å². The Labute approximate surface area is 288 Å². The van der Waals surface area contributed by atoms with E-state index in [2.05, 4.69) is 99.1 Å². The number of hydrogen-bond acceptors (Lipinski definition) is 8.